The van der Waals surface area contributed by atoms with Crippen LogP contribution >= 0.6 is 0 Å². The summed E-state index contributed by atoms with van der Waals surface area (Å²) in [5.74, 6) is -1.07. The van der Waals surface area contributed by atoms with Gasteiger partial charge in [-0.25, -0.2) is 4.39 Å². The molecule has 1 aromatic rings. The quantitative estimate of drug-likeness (QED) is 0.877. The van der Waals surface area contributed by atoms with Crippen LogP contribution in [-0.4, -0.2) is 18.2 Å². The van der Waals surface area contributed by atoms with Crippen molar-refractivity contribution in [3.8, 4) is 5.75 Å². The minimum Gasteiger partial charge on any atom is -0.494 e. The molecule has 92 valence electrons. The molecular formula is C13H15FO3. The summed E-state index contributed by atoms with van der Waals surface area (Å²) in [5, 5.41) is 8.93. The molecule has 1 aliphatic carbocycles. The molecule has 0 heterocycles. The van der Waals surface area contributed by atoms with Crippen molar-refractivity contribution >= 4 is 5.97 Å². The van der Waals surface area contributed by atoms with Gasteiger partial charge in [0.1, 0.15) is 0 Å². The summed E-state index contributed by atoms with van der Waals surface area (Å²) in [6.45, 7) is 0. The molecular weight excluding hydrogens is 223 g/mol. The van der Waals surface area contributed by atoms with E-state index in [4.69, 9.17) is 9.84 Å². The first-order chi connectivity index (χ1) is 8.07. The largest absolute Gasteiger partial charge is 0.494 e. The van der Waals surface area contributed by atoms with E-state index in [1.165, 1.54) is 13.2 Å². The van der Waals surface area contributed by atoms with Gasteiger partial charge >= 0.3 is 5.97 Å². The van der Waals surface area contributed by atoms with Gasteiger partial charge < -0.3 is 9.84 Å². The summed E-state index contributed by atoms with van der Waals surface area (Å²) < 4.78 is 18.5. The van der Waals surface area contributed by atoms with E-state index in [1.807, 2.05) is 0 Å². The highest BCUT2D eigenvalue weighted by atomic mass is 19.1. The summed E-state index contributed by atoms with van der Waals surface area (Å²) in [5.41, 5.74) is 0.392. The van der Waals surface area contributed by atoms with E-state index < -0.39 is 11.8 Å². The molecule has 1 fully saturated rings. The first kappa shape index (κ1) is 11.9. The molecule has 1 aliphatic rings. The number of carbonyl (C=O) groups is 1. The van der Waals surface area contributed by atoms with Crippen molar-refractivity contribution in [2.24, 2.45) is 0 Å². The van der Waals surface area contributed by atoms with Crippen molar-refractivity contribution in [1.82, 2.24) is 0 Å². The highest BCUT2D eigenvalue weighted by Gasteiger charge is 2.40. The number of halogens is 1. The molecule has 0 unspecified atom stereocenters. The number of methoxy groups -OCH3 is 1. The van der Waals surface area contributed by atoms with Gasteiger partial charge in [0.05, 0.1) is 13.5 Å². The second-order valence-electron chi connectivity index (χ2n) is 4.55. The van der Waals surface area contributed by atoms with E-state index in [9.17, 15) is 9.18 Å². The molecule has 1 aromatic carbocycles. The first-order valence-corrected chi connectivity index (χ1v) is 5.63. The van der Waals surface area contributed by atoms with E-state index in [0.717, 1.165) is 24.8 Å². The molecule has 1 N–H and O–H groups in total. The summed E-state index contributed by atoms with van der Waals surface area (Å²) in [4.78, 5) is 10.9. The van der Waals surface area contributed by atoms with Crippen molar-refractivity contribution in [2.45, 2.75) is 31.1 Å². The van der Waals surface area contributed by atoms with Gasteiger partial charge in [-0.2, -0.15) is 0 Å². The number of benzene rings is 1. The molecule has 0 aromatic heterocycles. The highest BCUT2D eigenvalue weighted by Crippen LogP contribution is 2.47. The Morgan fingerprint density at radius 2 is 2.24 bits per heavy atom. The predicted octanol–water partition coefficient (Wildman–Crippen LogP) is 2.73. The fourth-order valence-electron chi connectivity index (χ4n) is 2.46. The Labute approximate surface area is 99.2 Å². The van der Waals surface area contributed by atoms with Crippen LogP contribution in [0, 0.1) is 5.82 Å². The molecule has 2 rings (SSSR count). The van der Waals surface area contributed by atoms with Crippen LogP contribution in [0.2, 0.25) is 0 Å². The van der Waals surface area contributed by atoms with Gasteiger partial charge in [-0.05, 0) is 30.5 Å². The summed E-state index contributed by atoms with van der Waals surface area (Å²) in [7, 11) is 1.41. The summed E-state index contributed by atoms with van der Waals surface area (Å²) in [6.07, 6.45) is 2.69. The number of carboxylic acids is 1. The minimum atomic E-state index is -0.832. The fraction of sp³-hybridized carbons (Fsp3) is 0.462. The summed E-state index contributed by atoms with van der Waals surface area (Å²) in [6, 6.07) is 4.73. The van der Waals surface area contributed by atoms with Gasteiger partial charge in [0, 0.05) is 5.41 Å². The van der Waals surface area contributed by atoms with Crippen molar-refractivity contribution < 1.29 is 19.0 Å². The zero-order valence-electron chi connectivity index (χ0n) is 9.70. The number of hydrogen-bond donors (Lipinski definition) is 1. The van der Waals surface area contributed by atoms with Crippen molar-refractivity contribution in [2.75, 3.05) is 7.11 Å². The van der Waals surface area contributed by atoms with E-state index in [-0.39, 0.29) is 17.6 Å². The first-order valence-electron chi connectivity index (χ1n) is 5.63. The number of hydrogen-bond acceptors (Lipinski definition) is 2. The van der Waals surface area contributed by atoms with Gasteiger partial charge in [-0.3, -0.25) is 4.79 Å². The molecule has 3 nitrogen and oxygen atoms in total. The third-order valence-corrected chi connectivity index (χ3v) is 3.56. The van der Waals surface area contributed by atoms with Crippen LogP contribution in [0.1, 0.15) is 31.2 Å². The lowest BCUT2D eigenvalue weighted by molar-refractivity contribution is -0.139. The Morgan fingerprint density at radius 3 is 2.65 bits per heavy atom. The number of aliphatic carboxylic acids is 1. The maximum absolute atomic E-state index is 13.6. The zero-order valence-corrected chi connectivity index (χ0v) is 9.70. The molecule has 0 saturated heterocycles. The third-order valence-electron chi connectivity index (χ3n) is 3.56. The van der Waals surface area contributed by atoms with Crippen LogP contribution in [0.25, 0.3) is 0 Å². The fourth-order valence-corrected chi connectivity index (χ4v) is 2.46. The van der Waals surface area contributed by atoms with E-state index >= 15 is 0 Å². The highest BCUT2D eigenvalue weighted by molar-refractivity contribution is 5.69. The molecule has 4 heteroatoms. The SMILES string of the molecule is COc1ccc(C2(CC(=O)O)CCC2)cc1F. The van der Waals surface area contributed by atoms with E-state index in [0.29, 0.717) is 0 Å². The van der Waals surface area contributed by atoms with Gasteiger partial charge in [-0.15, -0.1) is 0 Å². The molecule has 0 aliphatic heterocycles. The molecule has 0 atom stereocenters. The normalized spacial score (nSPS) is 17.3. The minimum absolute atomic E-state index is 0.0682. The van der Waals surface area contributed by atoms with E-state index in [2.05, 4.69) is 0 Å². The number of ether oxygens (including phenoxy) is 1. The molecule has 0 amide bonds. The summed E-state index contributed by atoms with van der Waals surface area (Å²) >= 11 is 0. The topological polar surface area (TPSA) is 46.5 Å². The van der Waals surface area contributed by atoms with Gasteiger partial charge in [0.15, 0.2) is 11.6 Å². The number of carboxylic acid groups (broad SMARTS) is 1. The monoisotopic (exact) mass is 238 g/mol. The van der Waals surface area contributed by atoms with Gasteiger partial charge in [0.25, 0.3) is 0 Å². The number of rotatable bonds is 4. The maximum atomic E-state index is 13.6. The van der Waals surface area contributed by atoms with E-state index in [1.54, 1.807) is 12.1 Å². The lowest BCUT2D eigenvalue weighted by Crippen LogP contribution is -2.36. The standard InChI is InChI=1S/C13H15FO3/c1-17-11-4-3-9(7-10(11)14)13(5-2-6-13)8-12(15)16/h3-4,7H,2,5-6,8H2,1H3,(H,15,16). The average Bonchev–Trinajstić information content (AvgIpc) is 2.23. The Bertz CT molecular complexity index is 438. The van der Waals surface area contributed by atoms with Crippen LogP contribution < -0.4 is 4.74 Å². The predicted molar refractivity (Wildman–Crippen MR) is 60.7 cm³/mol. The smallest absolute Gasteiger partial charge is 0.304 e. The molecule has 0 radical (unpaired) electrons. The Kier molecular flexibility index (Phi) is 3.05. The van der Waals surface area contributed by atoms with Crippen molar-refractivity contribution in [3.63, 3.8) is 0 Å². The van der Waals surface area contributed by atoms with Crippen molar-refractivity contribution in [1.29, 1.82) is 0 Å². The van der Waals surface area contributed by atoms with Crippen LogP contribution in [0.15, 0.2) is 18.2 Å². The lowest BCUT2D eigenvalue weighted by atomic mass is 9.62. The second kappa shape index (κ2) is 4.35. The van der Waals surface area contributed by atoms with Crippen LogP contribution in [0.3, 0.4) is 0 Å². The Balaban J connectivity index is 2.31. The molecule has 1 saturated carbocycles. The maximum Gasteiger partial charge on any atom is 0.304 e. The molecule has 17 heavy (non-hydrogen) atoms. The van der Waals surface area contributed by atoms with Crippen LogP contribution in [-0.2, 0) is 10.2 Å². The third kappa shape index (κ3) is 2.12. The van der Waals surface area contributed by atoms with Crippen LogP contribution in [0.4, 0.5) is 4.39 Å². The molecule has 0 bridgehead atoms. The Morgan fingerprint density at radius 1 is 1.53 bits per heavy atom. The Hall–Kier alpha value is -1.58. The lowest BCUT2D eigenvalue weighted by Gasteiger charge is -2.41. The van der Waals surface area contributed by atoms with Crippen LogP contribution in [0.5, 0.6) is 5.75 Å². The zero-order chi connectivity index (χ0) is 12.5. The van der Waals surface area contributed by atoms with Crippen molar-refractivity contribution in [3.05, 3.63) is 29.6 Å². The van der Waals surface area contributed by atoms with Gasteiger partial charge in [-0.1, -0.05) is 12.5 Å². The van der Waals surface area contributed by atoms with Gasteiger partial charge in [0.2, 0.25) is 0 Å². The second-order valence-corrected chi connectivity index (χ2v) is 4.55. The molecule has 0 spiro atoms. The average molecular weight is 238 g/mol.